The maximum absolute atomic E-state index is 12.0. The van der Waals surface area contributed by atoms with E-state index < -0.39 is 0 Å². The molecule has 0 aromatic carbocycles. The van der Waals surface area contributed by atoms with E-state index in [1.807, 2.05) is 0 Å². The third-order valence-electron chi connectivity index (χ3n) is 3.30. The lowest BCUT2D eigenvalue weighted by atomic mass is 9.73. The minimum atomic E-state index is 0.100. The molecule has 2 rings (SSSR count). The molecule has 82 valence electrons. The second kappa shape index (κ2) is 3.60. The summed E-state index contributed by atoms with van der Waals surface area (Å²) in [6, 6.07) is 0. The third kappa shape index (κ3) is 2.05. The van der Waals surface area contributed by atoms with E-state index in [4.69, 9.17) is 0 Å². The summed E-state index contributed by atoms with van der Waals surface area (Å²) < 4.78 is 0. The van der Waals surface area contributed by atoms with Gasteiger partial charge in [-0.1, -0.05) is 26.5 Å². The average Bonchev–Trinajstić information content (AvgIpc) is 2.63. The van der Waals surface area contributed by atoms with Crippen LogP contribution in [-0.2, 0) is 4.79 Å². The Labute approximate surface area is 91.4 Å². The number of rotatable bonds is 1. The second-order valence-electron chi connectivity index (χ2n) is 5.39. The molecule has 0 spiro atoms. The Kier molecular flexibility index (Phi) is 2.55. The largest absolute Gasteiger partial charge is 0.316 e. The molecule has 2 nitrogen and oxygen atoms in total. The lowest BCUT2D eigenvalue weighted by Gasteiger charge is -2.30. The molecule has 0 saturated carbocycles. The normalized spacial score (nSPS) is 30.5. The number of nitrogens with one attached hydrogen (secondary N) is 1. The van der Waals surface area contributed by atoms with Crippen molar-refractivity contribution < 1.29 is 4.79 Å². The van der Waals surface area contributed by atoms with Gasteiger partial charge in [-0.25, -0.2) is 0 Å². The maximum atomic E-state index is 12.0. The lowest BCUT2D eigenvalue weighted by molar-refractivity contribution is -0.113. The fraction of sp³-hybridized carbons (Fsp3) is 0.615. The van der Waals surface area contributed by atoms with Gasteiger partial charge in [0, 0.05) is 18.0 Å². The van der Waals surface area contributed by atoms with Gasteiger partial charge in [0.2, 0.25) is 0 Å². The number of allylic oxidation sites excluding steroid dienone is 2. The molecule has 1 aliphatic heterocycles. The van der Waals surface area contributed by atoms with Crippen molar-refractivity contribution in [3.63, 3.8) is 0 Å². The van der Waals surface area contributed by atoms with E-state index in [9.17, 15) is 4.79 Å². The monoisotopic (exact) mass is 205 g/mol. The first-order valence-corrected chi connectivity index (χ1v) is 5.65. The zero-order valence-corrected chi connectivity index (χ0v) is 9.60. The molecule has 2 aliphatic rings. The molecule has 1 saturated heterocycles. The van der Waals surface area contributed by atoms with E-state index in [-0.39, 0.29) is 11.2 Å². The molecule has 0 bridgehead atoms. The van der Waals surface area contributed by atoms with Gasteiger partial charge in [-0.3, -0.25) is 4.79 Å². The van der Waals surface area contributed by atoms with Crippen molar-refractivity contribution in [1.29, 1.82) is 0 Å². The van der Waals surface area contributed by atoms with Crippen molar-refractivity contribution in [2.45, 2.75) is 26.7 Å². The van der Waals surface area contributed by atoms with Crippen LogP contribution in [-0.4, -0.2) is 18.9 Å². The Morgan fingerprint density at radius 1 is 1.53 bits per heavy atom. The lowest BCUT2D eigenvalue weighted by Crippen LogP contribution is -2.26. The molecule has 0 aromatic rings. The summed E-state index contributed by atoms with van der Waals surface area (Å²) in [5.74, 6) is 0.608. The Morgan fingerprint density at radius 3 is 2.87 bits per heavy atom. The molecule has 0 radical (unpaired) electrons. The van der Waals surface area contributed by atoms with E-state index in [0.29, 0.717) is 5.92 Å². The van der Waals surface area contributed by atoms with Crippen LogP contribution in [0.4, 0.5) is 0 Å². The number of ketones is 1. The summed E-state index contributed by atoms with van der Waals surface area (Å²) in [6.45, 7) is 10.2. The molecule has 1 fully saturated rings. The number of Topliss-reactive ketones (excluding diaryl/α,β-unsaturated/α-hetero) is 1. The highest BCUT2D eigenvalue weighted by Crippen LogP contribution is 2.37. The minimum absolute atomic E-state index is 0.100. The molecule has 15 heavy (non-hydrogen) atoms. The zero-order chi connectivity index (χ0) is 11.1. The van der Waals surface area contributed by atoms with Crippen molar-refractivity contribution in [3.05, 3.63) is 23.8 Å². The van der Waals surface area contributed by atoms with Crippen molar-refractivity contribution in [3.8, 4) is 0 Å². The van der Waals surface area contributed by atoms with Gasteiger partial charge in [-0.05, 0) is 30.4 Å². The van der Waals surface area contributed by atoms with Crippen LogP contribution in [0.2, 0.25) is 0 Å². The van der Waals surface area contributed by atoms with E-state index in [1.54, 1.807) is 0 Å². The van der Waals surface area contributed by atoms with Crippen LogP contribution in [0.3, 0.4) is 0 Å². The van der Waals surface area contributed by atoms with Gasteiger partial charge in [0.25, 0.3) is 0 Å². The molecule has 0 aromatic heterocycles. The predicted molar refractivity (Wildman–Crippen MR) is 61.6 cm³/mol. The van der Waals surface area contributed by atoms with E-state index >= 15 is 0 Å². The summed E-state index contributed by atoms with van der Waals surface area (Å²) in [4.78, 5) is 12.0. The summed E-state index contributed by atoms with van der Waals surface area (Å²) in [5.41, 5.74) is 1.88. The molecule has 1 heterocycles. The summed E-state index contributed by atoms with van der Waals surface area (Å²) in [5, 5.41) is 3.31. The Hall–Kier alpha value is -0.890. The van der Waals surface area contributed by atoms with Crippen LogP contribution >= 0.6 is 0 Å². The summed E-state index contributed by atoms with van der Waals surface area (Å²) in [7, 11) is 0. The predicted octanol–water partition coefficient (Wildman–Crippen LogP) is 2.08. The Bertz CT molecular complexity index is 332. The topological polar surface area (TPSA) is 29.1 Å². The van der Waals surface area contributed by atoms with Crippen LogP contribution in [0, 0.1) is 11.3 Å². The standard InChI is InChI=1S/C13H19NO/c1-9-6-13(2,3)7-11(12(9)15)10-4-5-14-8-10/h7,10,14H,1,4-6,8H2,2-3H3. The Balaban J connectivity index is 2.30. The number of carbonyl (C=O) groups is 1. The van der Waals surface area contributed by atoms with Crippen molar-refractivity contribution >= 4 is 5.78 Å². The van der Waals surface area contributed by atoms with Crippen LogP contribution in [0.1, 0.15) is 26.7 Å². The van der Waals surface area contributed by atoms with Crippen LogP contribution in [0.15, 0.2) is 23.8 Å². The van der Waals surface area contributed by atoms with Crippen molar-refractivity contribution in [1.82, 2.24) is 5.32 Å². The minimum Gasteiger partial charge on any atom is -0.316 e. The quantitative estimate of drug-likeness (QED) is 0.664. The van der Waals surface area contributed by atoms with Gasteiger partial charge in [-0.15, -0.1) is 0 Å². The molecule has 0 amide bonds. The van der Waals surface area contributed by atoms with Crippen molar-refractivity contribution in [2.75, 3.05) is 13.1 Å². The molecular weight excluding hydrogens is 186 g/mol. The van der Waals surface area contributed by atoms with Crippen LogP contribution in [0.5, 0.6) is 0 Å². The molecule has 1 unspecified atom stereocenters. The third-order valence-corrected chi connectivity index (χ3v) is 3.30. The molecule has 2 heteroatoms. The summed E-state index contributed by atoms with van der Waals surface area (Å²) in [6.07, 6.45) is 4.05. The first kappa shape index (κ1) is 10.6. The summed E-state index contributed by atoms with van der Waals surface area (Å²) >= 11 is 0. The van der Waals surface area contributed by atoms with Crippen LogP contribution in [0.25, 0.3) is 0 Å². The van der Waals surface area contributed by atoms with E-state index in [0.717, 1.165) is 37.1 Å². The fourth-order valence-electron chi connectivity index (χ4n) is 2.60. The zero-order valence-electron chi connectivity index (χ0n) is 9.60. The maximum Gasteiger partial charge on any atom is 0.184 e. The molecular formula is C13H19NO. The SMILES string of the molecule is C=C1CC(C)(C)C=C(C2CCNC2)C1=O. The highest BCUT2D eigenvalue weighted by molar-refractivity contribution is 6.09. The van der Waals surface area contributed by atoms with Crippen LogP contribution < -0.4 is 5.32 Å². The highest BCUT2D eigenvalue weighted by Gasteiger charge is 2.33. The fourth-order valence-corrected chi connectivity index (χ4v) is 2.60. The number of carbonyl (C=O) groups excluding carboxylic acids is 1. The van der Waals surface area contributed by atoms with Crippen molar-refractivity contribution in [2.24, 2.45) is 11.3 Å². The van der Waals surface area contributed by atoms with E-state index in [2.05, 4.69) is 31.8 Å². The highest BCUT2D eigenvalue weighted by atomic mass is 16.1. The average molecular weight is 205 g/mol. The van der Waals surface area contributed by atoms with Gasteiger partial charge in [0.05, 0.1) is 0 Å². The molecule has 1 N–H and O–H groups in total. The molecule has 1 atom stereocenters. The smallest absolute Gasteiger partial charge is 0.184 e. The first-order chi connectivity index (χ1) is 6.99. The van der Waals surface area contributed by atoms with Gasteiger partial charge < -0.3 is 5.32 Å². The second-order valence-corrected chi connectivity index (χ2v) is 5.39. The number of hydrogen-bond donors (Lipinski definition) is 1. The van der Waals surface area contributed by atoms with Gasteiger partial charge in [-0.2, -0.15) is 0 Å². The van der Waals surface area contributed by atoms with Gasteiger partial charge in [0.15, 0.2) is 5.78 Å². The Morgan fingerprint density at radius 2 is 2.27 bits per heavy atom. The molecule has 1 aliphatic carbocycles. The van der Waals surface area contributed by atoms with E-state index in [1.165, 1.54) is 0 Å². The van der Waals surface area contributed by atoms with Gasteiger partial charge >= 0.3 is 0 Å². The number of hydrogen-bond acceptors (Lipinski definition) is 2. The van der Waals surface area contributed by atoms with Gasteiger partial charge in [0.1, 0.15) is 0 Å². The first-order valence-electron chi connectivity index (χ1n) is 5.65.